The van der Waals surface area contributed by atoms with Crippen LogP contribution < -0.4 is 0 Å². The Hall–Kier alpha value is -0.670. The van der Waals surface area contributed by atoms with Gasteiger partial charge in [-0.1, -0.05) is 32.4 Å². The third-order valence-corrected chi connectivity index (χ3v) is 4.65. The molecule has 0 N–H and O–H groups in total. The Morgan fingerprint density at radius 3 is 2.65 bits per heavy atom. The van der Waals surface area contributed by atoms with Crippen molar-refractivity contribution in [2.24, 2.45) is 0 Å². The lowest BCUT2D eigenvalue weighted by Gasteiger charge is -2.16. The minimum atomic E-state index is -0.0493. The maximum absolute atomic E-state index is 6.35. The molecule has 3 rings (SSSR count). The van der Waals surface area contributed by atoms with E-state index in [2.05, 4.69) is 25.8 Å². The van der Waals surface area contributed by atoms with Crippen molar-refractivity contribution in [2.75, 3.05) is 0 Å². The van der Waals surface area contributed by atoms with Crippen LogP contribution in [0.1, 0.15) is 43.5 Å². The van der Waals surface area contributed by atoms with Crippen LogP contribution in [0.5, 0.6) is 0 Å². The van der Waals surface area contributed by atoms with E-state index in [-0.39, 0.29) is 5.41 Å². The molecule has 90 valence electrons. The Labute approximate surface area is 110 Å². The molecule has 2 aromatic heterocycles. The van der Waals surface area contributed by atoms with Gasteiger partial charge in [-0.25, -0.2) is 9.97 Å². The van der Waals surface area contributed by atoms with E-state index in [1.807, 2.05) is 0 Å². The van der Waals surface area contributed by atoms with Crippen LogP contribution >= 0.6 is 22.9 Å². The molecule has 4 heteroatoms. The molecule has 0 unspecified atom stereocenters. The van der Waals surface area contributed by atoms with Gasteiger partial charge in [-0.2, -0.15) is 0 Å². The molecule has 0 aromatic carbocycles. The van der Waals surface area contributed by atoms with Gasteiger partial charge in [0.05, 0.1) is 5.39 Å². The highest BCUT2D eigenvalue weighted by molar-refractivity contribution is 7.19. The zero-order valence-corrected chi connectivity index (χ0v) is 11.9. The number of fused-ring (bicyclic) bond motifs is 3. The van der Waals surface area contributed by atoms with Gasteiger partial charge in [0, 0.05) is 10.3 Å². The molecule has 2 nitrogen and oxygen atoms in total. The van der Waals surface area contributed by atoms with Crippen LogP contribution in [0.15, 0.2) is 0 Å². The molecule has 0 aliphatic heterocycles. The molecule has 1 aliphatic rings. The summed E-state index contributed by atoms with van der Waals surface area (Å²) in [7, 11) is 0. The third-order valence-electron chi connectivity index (χ3n) is 3.19. The maximum atomic E-state index is 6.35. The predicted octanol–water partition coefficient (Wildman–Crippen LogP) is 4.13. The Kier molecular flexibility index (Phi) is 2.46. The van der Waals surface area contributed by atoms with Crippen LogP contribution in [0.4, 0.5) is 0 Å². The van der Waals surface area contributed by atoms with E-state index in [0.29, 0.717) is 5.15 Å². The molecule has 0 spiro atoms. The Morgan fingerprint density at radius 2 is 1.94 bits per heavy atom. The molecule has 0 radical (unpaired) electrons. The van der Waals surface area contributed by atoms with E-state index in [9.17, 15) is 0 Å². The summed E-state index contributed by atoms with van der Waals surface area (Å²) in [5, 5.41) is 1.75. The summed E-state index contributed by atoms with van der Waals surface area (Å²) < 4.78 is 0. The third kappa shape index (κ3) is 1.76. The van der Waals surface area contributed by atoms with E-state index in [0.717, 1.165) is 22.5 Å². The fraction of sp³-hybridized carbons (Fsp3) is 0.538. The number of aryl methyl sites for hydroxylation is 2. The SMILES string of the molecule is CC(C)(C)c1nc(Cl)c2c3c(sc2n1)CCC3. The number of thiophene rings is 1. The molecule has 0 atom stereocenters. The molecule has 2 aromatic rings. The van der Waals surface area contributed by atoms with Crippen molar-refractivity contribution >= 4 is 33.2 Å². The summed E-state index contributed by atoms with van der Waals surface area (Å²) in [6.45, 7) is 6.35. The van der Waals surface area contributed by atoms with Gasteiger partial charge in [-0.15, -0.1) is 11.3 Å². The average Bonchev–Trinajstić information content (AvgIpc) is 2.73. The molecule has 0 saturated heterocycles. The number of hydrogen-bond donors (Lipinski definition) is 0. The monoisotopic (exact) mass is 266 g/mol. The molecule has 17 heavy (non-hydrogen) atoms. The lowest BCUT2D eigenvalue weighted by Crippen LogP contribution is -2.15. The topological polar surface area (TPSA) is 25.8 Å². The Bertz CT molecular complexity index is 595. The number of nitrogens with zero attached hydrogens (tertiary/aromatic N) is 2. The molecular weight excluding hydrogens is 252 g/mol. The average molecular weight is 267 g/mol. The summed E-state index contributed by atoms with van der Waals surface area (Å²) in [5.74, 6) is 0.843. The minimum absolute atomic E-state index is 0.0493. The molecule has 2 heterocycles. The normalized spacial score (nSPS) is 15.5. The highest BCUT2D eigenvalue weighted by atomic mass is 35.5. The second-order valence-electron chi connectivity index (χ2n) is 5.63. The first kappa shape index (κ1) is 11.4. The molecular formula is C13H15ClN2S. The van der Waals surface area contributed by atoms with Gasteiger partial charge in [0.15, 0.2) is 0 Å². The highest BCUT2D eigenvalue weighted by Gasteiger charge is 2.24. The maximum Gasteiger partial charge on any atom is 0.141 e. The van der Waals surface area contributed by atoms with Crippen LogP contribution in [-0.2, 0) is 18.3 Å². The standard InChI is InChI=1S/C13H15ClN2S/c1-13(2,3)12-15-10(14)9-7-5-4-6-8(7)17-11(9)16-12/h4-6H2,1-3H3. The van der Waals surface area contributed by atoms with Crippen LogP contribution in [0.3, 0.4) is 0 Å². The number of aromatic nitrogens is 2. The first-order valence-corrected chi connectivity index (χ1v) is 7.14. The van der Waals surface area contributed by atoms with Crippen LogP contribution in [0.25, 0.3) is 10.2 Å². The fourth-order valence-corrected chi connectivity index (χ4v) is 3.89. The lowest BCUT2D eigenvalue weighted by atomic mass is 9.96. The Balaban J connectivity index is 2.29. The lowest BCUT2D eigenvalue weighted by molar-refractivity contribution is 0.549. The largest absolute Gasteiger partial charge is 0.221 e. The van der Waals surface area contributed by atoms with Gasteiger partial charge in [0.1, 0.15) is 15.8 Å². The first-order chi connectivity index (χ1) is 7.97. The molecule has 1 aliphatic carbocycles. The number of hydrogen-bond acceptors (Lipinski definition) is 3. The van der Waals surface area contributed by atoms with Gasteiger partial charge in [-0.05, 0) is 24.8 Å². The van der Waals surface area contributed by atoms with Crippen molar-refractivity contribution in [1.29, 1.82) is 0 Å². The van der Waals surface area contributed by atoms with Gasteiger partial charge in [-0.3, -0.25) is 0 Å². The second-order valence-corrected chi connectivity index (χ2v) is 7.07. The second kappa shape index (κ2) is 3.66. The quantitative estimate of drug-likeness (QED) is 0.670. The van der Waals surface area contributed by atoms with E-state index in [1.54, 1.807) is 11.3 Å². The van der Waals surface area contributed by atoms with Gasteiger partial charge in [0.2, 0.25) is 0 Å². The van der Waals surface area contributed by atoms with E-state index in [1.165, 1.54) is 23.3 Å². The minimum Gasteiger partial charge on any atom is -0.221 e. The number of rotatable bonds is 0. The summed E-state index contributed by atoms with van der Waals surface area (Å²) >= 11 is 8.14. The van der Waals surface area contributed by atoms with Gasteiger partial charge >= 0.3 is 0 Å². The van der Waals surface area contributed by atoms with Crippen LogP contribution in [-0.4, -0.2) is 9.97 Å². The van der Waals surface area contributed by atoms with Crippen LogP contribution in [0.2, 0.25) is 5.15 Å². The fourth-order valence-electron chi connectivity index (χ4n) is 2.29. The summed E-state index contributed by atoms with van der Waals surface area (Å²) in [6.07, 6.45) is 3.55. The molecule has 0 fully saturated rings. The van der Waals surface area contributed by atoms with Crippen molar-refractivity contribution in [3.05, 3.63) is 21.4 Å². The zero-order chi connectivity index (χ0) is 12.2. The van der Waals surface area contributed by atoms with Crippen molar-refractivity contribution < 1.29 is 0 Å². The summed E-state index contributed by atoms with van der Waals surface area (Å²) in [5.41, 5.74) is 1.35. The van der Waals surface area contributed by atoms with Crippen molar-refractivity contribution in [3.8, 4) is 0 Å². The Morgan fingerprint density at radius 1 is 1.18 bits per heavy atom. The van der Waals surface area contributed by atoms with E-state index < -0.39 is 0 Å². The van der Waals surface area contributed by atoms with E-state index in [4.69, 9.17) is 16.6 Å². The molecule has 0 bridgehead atoms. The summed E-state index contributed by atoms with van der Waals surface area (Å²) in [6, 6.07) is 0. The molecule has 0 saturated carbocycles. The number of halogens is 1. The van der Waals surface area contributed by atoms with Crippen LogP contribution in [0, 0.1) is 0 Å². The van der Waals surface area contributed by atoms with E-state index >= 15 is 0 Å². The first-order valence-electron chi connectivity index (χ1n) is 5.95. The summed E-state index contributed by atoms with van der Waals surface area (Å²) in [4.78, 5) is 11.7. The van der Waals surface area contributed by atoms with Gasteiger partial charge < -0.3 is 0 Å². The molecule has 0 amide bonds. The highest BCUT2D eigenvalue weighted by Crippen LogP contribution is 2.40. The van der Waals surface area contributed by atoms with Gasteiger partial charge in [0.25, 0.3) is 0 Å². The predicted molar refractivity (Wildman–Crippen MR) is 73.2 cm³/mol. The smallest absolute Gasteiger partial charge is 0.141 e. The van der Waals surface area contributed by atoms with Crippen molar-refractivity contribution in [1.82, 2.24) is 9.97 Å². The van der Waals surface area contributed by atoms with Crippen molar-refractivity contribution in [3.63, 3.8) is 0 Å². The van der Waals surface area contributed by atoms with Crippen molar-refractivity contribution in [2.45, 2.75) is 45.4 Å². The zero-order valence-electron chi connectivity index (χ0n) is 10.3.